The first-order valence-electron chi connectivity index (χ1n) is 11.5. The summed E-state index contributed by atoms with van der Waals surface area (Å²) in [5.74, 6) is 0.449. The van der Waals surface area contributed by atoms with Gasteiger partial charge in [-0.15, -0.1) is 10.2 Å². The van der Waals surface area contributed by atoms with Gasteiger partial charge in [0, 0.05) is 11.1 Å². The van der Waals surface area contributed by atoms with Gasteiger partial charge in [-0.3, -0.25) is 18.6 Å². The molecule has 0 aliphatic carbocycles. The number of anilines is 1. The van der Waals surface area contributed by atoms with Crippen molar-refractivity contribution >= 4 is 50.8 Å². The number of thioether (sulfide) groups is 1. The second-order valence-corrected chi connectivity index (χ2v) is 9.32. The fraction of sp³-hybridized carbons (Fsp3) is 0.0714. The Balaban J connectivity index is 1.33. The van der Waals surface area contributed by atoms with Gasteiger partial charge in [0.25, 0.3) is 5.56 Å². The minimum absolute atomic E-state index is 0.125. The van der Waals surface area contributed by atoms with E-state index < -0.39 is 0 Å². The van der Waals surface area contributed by atoms with Crippen LogP contribution in [0.1, 0.15) is 5.56 Å². The Bertz CT molecular complexity index is 1790. The molecule has 4 aromatic carbocycles. The van der Waals surface area contributed by atoms with Crippen molar-refractivity contribution in [2.75, 3.05) is 11.1 Å². The topological polar surface area (TPSA) is 81.3 Å². The summed E-state index contributed by atoms with van der Waals surface area (Å²) in [6.07, 6.45) is 0. The van der Waals surface area contributed by atoms with Gasteiger partial charge in [0.15, 0.2) is 5.16 Å². The molecule has 0 aliphatic rings. The number of para-hydroxylation sites is 1. The summed E-state index contributed by atoms with van der Waals surface area (Å²) in [5.41, 5.74) is 2.35. The van der Waals surface area contributed by atoms with Crippen LogP contribution < -0.4 is 10.9 Å². The molecule has 0 atom stereocenters. The van der Waals surface area contributed by atoms with Crippen LogP contribution in [-0.2, 0) is 11.3 Å². The summed E-state index contributed by atoms with van der Waals surface area (Å²) in [7, 11) is 0. The SMILES string of the molecule is O=C(CSc1nnc2n(Cc3ccccc3)c(=O)c3ccccc3n12)Nc1cccc2ccccc12. The molecule has 7 nitrogen and oxygen atoms in total. The third kappa shape index (κ3) is 4.01. The van der Waals surface area contributed by atoms with Crippen LogP contribution in [0.4, 0.5) is 5.69 Å². The van der Waals surface area contributed by atoms with Crippen LogP contribution in [0.3, 0.4) is 0 Å². The Morgan fingerprint density at radius 1 is 0.806 bits per heavy atom. The maximum Gasteiger partial charge on any atom is 0.263 e. The van der Waals surface area contributed by atoms with Gasteiger partial charge in [0.1, 0.15) is 0 Å². The Morgan fingerprint density at radius 2 is 1.53 bits per heavy atom. The molecule has 0 radical (unpaired) electrons. The average molecular weight is 492 g/mol. The minimum Gasteiger partial charge on any atom is -0.325 e. The number of carbonyl (C=O) groups is 1. The second kappa shape index (κ2) is 9.31. The number of aromatic nitrogens is 4. The summed E-state index contributed by atoms with van der Waals surface area (Å²) < 4.78 is 3.49. The summed E-state index contributed by atoms with van der Waals surface area (Å²) >= 11 is 1.29. The maximum absolute atomic E-state index is 13.3. The van der Waals surface area contributed by atoms with Gasteiger partial charge in [0.05, 0.1) is 23.2 Å². The van der Waals surface area contributed by atoms with Crippen LogP contribution in [0.25, 0.3) is 27.5 Å². The zero-order chi connectivity index (χ0) is 24.5. The van der Waals surface area contributed by atoms with Crippen LogP contribution >= 0.6 is 11.8 Å². The van der Waals surface area contributed by atoms with Crippen LogP contribution in [0, 0.1) is 0 Å². The molecule has 1 N–H and O–H groups in total. The molecule has 6 rings (SSSR count). The van der Waals surface area contributed by atoms with Crippen molar-refractivity contribution in [3.63, 3.8) is 0 Å². The number of carbonyl (C=O) groups excluding carboxylic acids is 1. The summed E-state index contributed by atoms with van der Waals surface area (Å²) in [5, 5.41) is 14.9. The van der Waals surface area contributed by atoms with Gasteiger partial charge < -0.3 is 5.32 Å². The Hall–Kier alpha value is -4.43. The lowest BCUT2D eigenvalue weighted by molar-refractivity contribution is -0.113. The lowest BCUT2D eigenvalue weighted by atomic mass is 10.1. The highest BCUT2D eigenvalue weighted by atomic mass is 32.2. The first-order chi connectivity index (χ1) is 17.7. The van der Waals surface area contributed by atoms with Crippen LogP contribution in [0.2, 0.25) is 0 Å². The van der Waals surface area contributed by atoms with Crippen LogP contribution in [-0.4, -0.2) is 30.8 Å². The molecular weight excluding hydrogens is 470 g/mol. The molecule has 0 aliphatic heterocycles. The van der Waals surface area contributed by atoms with E-state index in [9.17, 15) is 9.59 Å². The number of hydrogen-bond donors (Lipinski definition) is 1. The largest absolute Gasteiger partial charge is 0.325 e. The minimum atomic E-state index is -0.144. The van der Waals surface area contributed by atoms with Crippen molar-refractivity contribution in [1.82, 2.24) is 19.2 Å². The lowest BCUT2D eigenvalue weighted by Crippen LogP contribution is -2.24. The molecule has 0 unspecified atom stereocenters. The molecule has 0 bridgehead atoms. The summed E-state index contributed by atoms with van der Waals surface area (Å²) in [6.45, 7) is 0.373. The number of hydrogen-bond acceptors (Lipinski definition) is 5. The van der Waals surface area contributed by atoms with Crippen LogP contribution in [0.15, 0.2) is 107 Å². The number of nitrogens with zero attached hydrogens (tertiary/aromatic N) is 4. The normalized spacial score (nSPS) is 11.3. The van der Waals surface area contributed by atoms with E-state index in [0.29, 0.717) is 28.4 Å². The number of fused-ring (bicyclic) bond motifs is 4. The van der Waals surface area contributed by atoms with Gasteiger partial charge in [-0.2, -0.15) is 0 Å². The van der Waals surface area contributed by atoms with E-state index in [-0.39, 0.29) is 17.2 Å². The Labute approximate surface area is 210 Å². The molecular formula is C28H21N5O2S. The van der Waals surface area contributed by atoms with Crippen molar-refractivity contribution in [2.24, 2.45) is 0 Å². The van der Waals surface area contributed by atoms with Crippen molar-refractivity contribution in [1.29, 1.82) is 0 Å². The quantitative estimate of drug-likeness (QED) is 0.333. The first-order valence-corrected chi connectivity index (χ1v) is 12.5. The van der Waals surface area contributed by atoms with E-state index in [4.69, 9.17) is 0 Å². The van der Waals surface area contributed by atoms with Crippen molar-refractivity contribution in [2.45, 2.75) is 11.7 Å². The first kappa shape index (κ1) is 22.1. The highest BCUT2D eigenvalue weighted by Gasteiger charge is 2.18. The molecule has 8 heteroatoms. The predicted octanol–water partition coefficient (Wildman–Crippen LogP) is 4.98. The molecule has 0 saturated carbocycles. The summed E-state index contributed by atoms with van der Waals surface area (Å²) in [4.78, 5) is 26.2. The van der Waals surface area contributed by atoms with Gasteiger partial charge >= 0.3 is 0 Å². The van der Waals surface area contributed by atoms with E-state index in [1.807, 2.05) is 95.4 Å². The van der Waals surface area contributed by atoms with Gasteiger partial charge in [-0.25, -0.2) is 0 Å². The molecule has 0 spiro atoms. The zero-order valence-corrected chi connectivity index (χ0v) is 20.0. The number of benzene rings is 4. The molecule has 176 valence electrons. The van der Waals surface area contributed by atoms with E-state index in [1.165, 1.54) is 11.8 Å². The second-order valence-electron chi connectivity index (χ2n) is 8.38. The molecule has 1 amide bonds. The van der Waals surface area contributed by atoms with E-state index in [0.717, 1.165) is 22.0 Å². The highest BCUT2D eigenvalue weighted by molar-refractivity contribution is 7.99. The molecule has 0 saturated heterocycles. The average Bonchev–Trinajstić information content (AvgIpc) is 3.35. The van der Waals surface area contributed by atoms with Crippen molar-refractivity contribution < 1.29 is 4.79 Å². The Morgan fingerprint density at radius 3 is 2.39 bits per heavy atom. The molecule has 0 fully saturated rings. The third-order valence-corrected chi connectivity index (χ3v) is 6.99. The number of amides is 1. The standard InChI is InChI=1S/C28H21N5O2S/c34-25(29-23-15-8-12-20-11-4-5-13-21(20)23)18-36-28-31-30-27-32(17-19-9-2-1-3-10-19)26(35)22-14-6-7-16-24(22)33(27)28/h1-16H,17-18H2,(H,29,34). The molecule has 36 heavy (non-hydrogen) atoms. The van der Waals surface area contributed by atoms with Gasteiger partial charge in [0.2, 0.25) is 11.7 Å². The zero-order valence-electron chi connectivity index (χ0n) is 19.2. The van der Waals surface area contributed by atoms with E-state index in [2.05, 4.69) is 15.5 Å². The maximum atomic E-state index is 13.3. The molecule has 2 heterocycles. The molecule has 6 aromatic rings. The summed E-state index contributed by atoms with van der Waals surface area (Å²) in [6, 6.07) is 30.9. The fourth-order valence-corrected chi connectivity index (χ4v) is 5.13. The monoisotopic (exact) mass is 491 g/mol. The third-order valence-electron chi connectivity index (χ3n) is 6.06. The number of nitrogens with one attached hydrogen (secondary N) is 1. The predicted molar refractivity (Wildman–Crippen MR) is 144 cm³/mol. The van der Waals surface area contributed by atoms with E-state index >= 15 is 0 Å². The Kier molecular flexibility index (Phi) is 5.71. The lowest BCUT2D eigenvalue weighted by Gasteiger charge is -2.11. The highest BCUT2D eigenvalue weighted by Crippen LogP contribution is 2.25. The van der Waals surface area contributed by atoms with Gasteiger partial charge in [-0.1, -0.05) is 90.6 Å². The number of rotatable bonds is 6. The van der Waals surface area contributed by atoms with E-state index in [1.54, 1.807) is 10.6 Å². The van der Waals surface area contributed by atoms with Crippen LogP contribution in [0.5, 0.6) is 0 Å². The smallest absolute Gasteiger partial charge is 0.263 e. The van der Waals surface area contributed by atoms with Crippen molar-refractivity contribution in [3.8, 4) is 0 Å². The van der Waals surface area contributed by atoms with Crippen molar-refractivity contribution in [3.05, 3.63) is 113 Å². The fourth-order valence-electron chi connectivity index (χ4n) is 4.39. The van der Waals surface area contributed by atoms with Gasteiger partial charge in [-0.05, 0) is 29.1 Å². The molecule has 2 aromatic heterocycles.